The van der Waals surface area contributed by atoms with Crippen molar-refractivity contribution in [1.29, 1.82) is 0 Å². The highest BCUT2D eigenvalue weighted by atomic mass is 16.5. The zero-order valence-electron chi connectivity index (χ0n) is 8.83. The van der Waals surface area contributed by atoms with Crippen LogP contribution >= 0.6 is 0 Å². The maximum atomic E-state index is 11.3. The van der Waals surface area contributed by atoms with Crippen molar-refractivity contribution in [3.63, 3.8) is 0 Å². The summed E-state index contributed by atoms with van der Waals surface area (Å²) in [5.41, 5.74) is 1.53. The third-order valence-corrected chi connectivity index (χ3v) is 2.38. The van der Waals surface area contributed by atoms with Crippen molar-refractivity contribution in [1.82, 2.24) is 0 Å². The summed E-state index contributed by atoms with van der Waals surface area (Å²) in [5, 5.41) is 9.57. The molecule has 15 heavy (non-hydrogen) atoms. The second-order valence-electron chi connectivity index (χ2n) is 3.24. The van der Waals surface area contributed by atoms with Gasteiger partial charge in [-0.3, -0.25) is 4.79 Å². The number of carbonyl (C=O) groups is 2. The van der Waals surface area contributed by atoms with Crippen LogP contribution in [0.25, 0.3) is 0 Å². The SMILES string of the molecule is COC(=O)c1c(O)cc(C)c(C)c1C=O. The highest BCUT2D eigenvalue weighted by Gasteiger charge is 2.19. The number of esters is 1. The number of aryl methyl sites for hydroxylation is 1. The molecule has 0 heterocycles. The van der Waals surface area contributed by atoms with Crippen LogP contribution in [0.2, 0.25) is 0 Å². The quantitative estimate of drug-likeness (QED) is 0.592. The molecule has 0 bridgehead atoms. The fraction of sp³-hybridized carbons (Fsp3) is 0.273. The maximum absolute atomic E-state index is 11.3. The normalized spacial score (nSPS) is 9.80. The number of hydrogen-bond donors (Lipinski definition) is 1. The van der Waals surface area contributed by atoms with Crippen molar-refractivity contribution >= 4 is 12.3 Å². The lowest BCUT2D eigenvalue weighted by Gasteiger charge is -2.10. The van der Waals surface area contributed by atoms with Gasteiger partial charge in [0.2, 0.25) is 0 Å². The lowest BCUT2D eigenvalue weighted by atomic mass is 9.97. The lowest BCUT2D eigenvalue weighted by Crippen LogP contribution is -2.08. The van der Waals surface area contributed by atoms with Crippen LogP contribution in [0.15, 0.2) is 6.07 Å². The first-order valence-electron chi connectivity index (χ1n) is 4.39. The highest BCUT2D eigenvalue weighted by Crippen LogP contribution is 2.26. The van der Waals surface area contributed by atoms with Gasteiger partial charge in [-0.1, -0.05) is 0 Å². The third kappa shape index (κ3) is 1.83. The summed E-state index contributed by atoms with van der Waals surface area (Å²) in [5.74, 6) is -0.940. The van der Waals surface area contributed by atoms with E-state index < -0.39 is 5.97 Å². The molecule has 0 aliphatic heterocycles. The lowest BCUT2D eigenvalue weighted by molar-refractivity contribution is 0.0595. The Morgan fingerprint density at radius 2 is 2.07 bits per heavy atom. The maximum Gasteiger partial charge on any atom is 0.342 e. The Bertz CT molecular complexity index is 421. The first-order valence-corrected chi connectivity index (χ1v) is 4.39. The summed E-state index contributed by atoms with van der Waals surface area (Å²) in [6, 6.07) is 1.44. The second-order valence-corrected chi connectivity index (χ2v) is 3.24. The summed E-state index contributed by atoms with van der Waals surface area (Å²) in [4.78, 5) is 22.2. The van der Waals surface area contributed by atoms with Crippen LogP contribution in [0.5, 0.6) is 5.75 Å². The van der Waals surface area contributed by atoms with Crippen molar-refractivity contribution in [3.05, 3.63) is 28.3 Å². The molecule has 0 aliphatic carbocycles. The van der Waals surface area contributed by atoms with Gasteiger partial charge in [0, 0.05) is 5.56 Å². The van der Waals surface area contributed by atoms with Crippen LogP contribution in [0.3, 0.4) is 0 Å². The molecule has 0 aliphatic rings. The summed E-state index contributed by atoms with van der Waals surface area (Å²) >= 11 is 0. The predicted octanol–water partition coefficient (Wildman–Crippen LogP) is 1.61. The fourth-order valence-corrected chi connectivity index (χ4v) is 1.39. The van der Waals surface area contributed by atoms with Gasteiger partial charge in [0.1, 0.15) is 11.3 Å². The van der Waals surface area contributed by atoms with Gasteiger partial charge in [0.15, 0.2) is 6.29 Å². The van der Waals surface area contributed by atoms with Gasteiger partial charge in [-0.05, 0) is 31.0 Å². The minimum Gasteiger partial charge on any atom is -0.507 e. The van der Waals surface area contributed by atoms with Crippen LogP contribution in [-0.4, -0.2) is 24.5 Å². The Hall–Kier alpha value is -1.84. The molecule has 0 spiro atoms. The number of rotatable bonds is 2. The van der Waals surface area contributed by atoms with E-state index in [1.54, 1.807) is 13.8 Å². The number of ether oxygens (including phenoxy) is 1. The number of hydrogen-bond acceptors (Lipinski definition) is 4. The number of methoxy groups -OCH3 is 1. The molecular weight excluding hydrogens is 196 g/mol. The molecule has 80 valence electrons. The molecule has 0 saturated heterocycles. The van der Waals surface area contributed by atoms with Crippen LogP contribution in [0.1, 0.15) is 31.8 Å². The van der Waals surface area contributed by atoms with Crippen LogP contribution in [0, 0.1) is 13.8 Å². The highest BCUT2D eigenvalue weighted by molar-refractivity contribution is 6.01. The number of aldehydes is 1. The molecule has 0 unspecified atom stereocenters. The standard InChI is InChI=1S/C11H12O4/c1-6-4-9(13)10(11(14)15-3)8(5-12)7(6)2/h4-5,13H,1-3H3. The largest absolute Gasteiger partial charge is 0.507 e. The molecule has 1 rings (SSSR count). The number of phenolic OH excluding ortho intramolecular Hbond substituents is 1. The number of phenols is 1. The van der Waals surface area contributed by atoms with Gasteiger partial charge < -0.3 is 9.84 Å². The molecule has 0 saturated carbocycles. The van der Waals surface area contributed by atoms with Crippen LogP contribution in [-0.2, 0) is 4.74 Å². The van der Waals surface area contributed by atoms with Gasteiger partial charge >= 0.3 is 5.97 Å². The summed E-state index contributed by atoms with van der Waals surface area (Å²) in [6.45, 7) is 3.47. The van der Waals surface area contributed by atoms with E-state index in [1.807, 2.05) is 0 Å². The molecule has 4 heteroatoms. The zero-order chi connectivity index (χ0) is 11.6. The van der Waals surface area contributed by atoms with E-state index in [4.69, 9.17) is 0 Å². The smallest absolute Gasteiger partial charge is 0.342 e. The second kappa shape index (κ2) is 4.13. The molecule has 1 aromatic carbocycles. The van der Waals surface area contributed by atoms with Gasteiger partial charge in [-0.15, -0.1) is 0 Å². The molecule has 0 fully saturated rings. The van der Waals surface area contributed by atoms with E-state index in [0.717, 1.165) is 5.56 Å². The predicted molar refractivity (Wildman–Crippen MR) is 54.3 cm³/mol. The molecule has 1 N–H and O–H groups in total. The Morgan fingerprint density at radius 1 is 1.47 bits per heavy atom. The fourth-order valence-electron chi connectivity index (χ4n) is 1.39. The minimum absolute atomic E-state index is 0.0735. The van der Waals surface area contributed by atoms with Crippen LogP contribution in [0.4, 0.5) is 0 Å². The zero-order valence-corrected chi connectivity index (χ0v) is 8.83. The molecule has 0 aromatic heterocycles. The summed E-state index contributed by atoms with van der Waals surface area (Å²) < 4.78 is 4.50. The van der Waals surface area contributed by atoms with Gasteiger partial charge in [0.25, 0.3) is 0 Å². The minimum atomic E-state index is -0.710. The van der Waals surface area contributed by atoms with E-state index in [2.05, 4.69) is 4.74 Å². The number of aromatic hydroxyl groups is 1. The van der Waals surface area contributed by atoms with E-state index in [0.29, 0.717) is 11.8 Å². The first-order chi connectivity index (χ1) is 7.02. The third-order valence-electron chi connectivity index (χ3n) is 2.38. The first kappa shape index (κ1) is 11.2. The Labute approximate surface area is 87.5 Å². The van der Waals surface area contributed by atoms with Crippen molar-refractivity contribution in [3.8, 4) is 5.75 Å². The van der Waals surface area contributed by atoms with Crippen molar-refractivity contribution in [2.45, 2.75) is 13.8 Å². The van der Waals surface area contributed by atoms with Crippen molar-refractivity contribution in [2.75, 3.05) is 7.11 Å². The Balaban J connectivity index is 3.56. The van der Waals surface area contributed by atoms with Gasteiger partial charge in [0.05, 0.1) is 7.11 Å². The molecule has 4 nitrogen and oxygen atoms in total. The average molecular weight is 208 g/mol. The van der Waals surface area contributed by atoms with Crippen LogP contribution < -0.4 is 0 Å². The molecule has 0 atom stereocenters. The van der Waals surface area contributed by atoms with Crippen molar-refractivity contribution in [2.24, 2.45) is 0 Å². The topological polar surface area (TPSA) is 63.6 Å². The molecule has 0 amide bonds. The number of benzene rings is 1. The number of carbonyl (C=O) groups excluding carboxylic acids is 2. The molecule has 0 radical (unpaired) electrons. The molecule has 1 aromatic rings. The average Bonchev–Trinajstić information content (AvgIpc) is 2.21. The van der Waals surface area contributed by atoms with Gasteiger partial charge in [-0.2, -0.15) is 0 Å². The van der Waals surface area contributed by atoms with Crippen molar-refractivity contribution < 1.29 is 19.4 Å². The molecular formula is C11H12O4. The Kier molecular flexibility index (Phi) is 3.09. The van der Waals surface area contributed by atoms with E-state index in [-0.39, 0.29) is 16.9 Å². The Morgan fingerprint density at radius 3 is 2.53 bits per heavy atom. The van der Waals surface area contributed by atoms with E-state index in [9.17, 15) is 14.7 Å². The van der Waals surface area contributed by atoms with Gasteiger partial charge in [-0.25, -0.2) is 4.79 Å². The van der Waals surface area contributed by atoms with E-state index in [1.165, 1.54) is 13.2 Å². The summed E-state index contributed by atoms with van der Waals surface area (Å²) in [7, 11) is 1.20. The summed E-state index contributed by atoms with van der Waals surface area (Å²) in [6.07, 6.45) is 0.550. The van der Waals surface area contributed by atoms with E-state index >= 15 is 0 Å². The monoisotopic (exact) mass is 208 g/mol.